The van der Waals surface area contributed by atoms with Crippen LogP contribution in [0.1, 0.15) is 33.8 Å². The number of carbonyl (C=O) groups excluding carboxylic acids is 1. The van der Waals surface area contributed by atoms with Crippen molar-refractivity contribution in [2.24, 2.45) is 0 Å². The highest BCUT2D eigenvalue weighted by molar-refractivity contribution is 5.94. The third-order valence-corrected chi connectivity index (χ3v) is 5.46. The summed E-state index contributed by atoms with van der Waals surface area (Å²) in [6.07, 6.45) is 0.943. The second-order valence-corrected chi connectivity index (χ2v) is 7.45. The third kappa shape index (κ3) is 4.62. The van der Waals surface area contributed by atoms with Gasteiger partial charge in [0, 0.05) is 24.6 Å². The first-order valence-electron chi connectivity index (χ1n) is 10.0. The average Bonchev–Trinajstić information content (AvgIpc) is 3.29. The second-order valence-electron chi connectivity index (χ2n) is 7.45. The molecule has 3 aromatic rings. The van der Waals surface area contributed by atoms with Crippen molar-refractivity contribution in [1.29, 1.82) is 0 Å². The molecule has 1 aliphatic rings. The Morgan fingerprint density at radius 1 is 1.03 bits per heavy atom. The third-order valence-electron chi connectivity index (χ3n) is 5.46. The van der Waals surface area contributed by atoms with Crippen molar-refractivity contribution in [3.63, 3.8) is 0 Å². The molecule has 5 heteroatoms. The maximum absolute atomic E-state index is 13.0. The van der Waals surface area contributed by atoms with E-state index in [1.165, 1.54) is 17.7 Å². The molecule has 1 atom stereocenters. The van der Waals surface area contributed by atoms with Crippen LogP contribution in [0.4, 0.5) is 4.39 Å². The van der Waals surface area contributed by atoms with Crippen molar-refractivity contribution < 1.29 is 18.7 Å². The highest BCUT2D eigenvalue weighted by Crippen LogP contribution is 2.29. The predicted molar refractivity (Wildman–Crippen MR) is 113 cm³/mol. The molecule has 1 fully saturated rings. The summed E-state index contributed by atoms with van der Waals surface area (Å²) in [5, 5.41) is 0. The number of methoxy groups -OCH3 is 1. The number of halogens is 1. The molecule has 0 radical (unpaired) electrons. The molecular weight excluding hydrogens is 381 g/mol. The van der Waals surface area contributed by atoms with Crippen molar-refractivity contribution >= 4 is 5.91 Å². The molecule has 3 aromatic carbocycles. The van der Waals surface area contributed by atoms with Crippen molar-refractivity contribution in [2.75, 3.05) is 20.2 Å². The Bertz CT molecular complexity index is 1000. The molecule has 30 heavy (non-hydrogen) atoms. The maximum atomic E-state index is 13.0. The number of carbonyl (C=O) groups is 1. The van der Waals surface area contributed by atoms with Gasteiger partial charge in [-0.05, 0) is 60.0 Å². The van der Waals surface area contributed by atoms with Gasteiger partial charge in [0.25, 0.3) is 5.91 Å². The standard InChI is InChI=1S/C25H24FNO3/c1-29-23-11-7-19(8-12-23)21-13-14-27(16-21)25(28)20-3-2-4-24(15-20)30-17-18-5-9-22(26)10-6-18/h2-12,15,21H,13-14,16-17H2,1H3. The van der Waals surface area contributed by atoms with Gasteiger partial charge < -0.3 is 14.4 Å². The maximum Gasteiger partial charge on any atom is 0.254 e. The van der Waals surface area contributed by atoms with Crippen LogP contribution < -0.4 is 9.47 Å². The van der Waals surface area contributed by atoms with Gasteiger partial charge in [0.15, 0.2) is 0 Å². The summed E-state index contributed by atoms with van der Waals surface area (Å²) in [6.45, 7) is 1.75. The lowest BCUT2D eigenvalue weighted by atomic mass is 9.98. The zero-order valence-corrected chi connectivity index (χ0v) is 16.9. The molecule has 1 heterocycles. The van der Waals surface area contributed by atoms with Crippen LogP contribution in [0.5, 0.6) is 11.5 Å². The van der Waals surface area contributed by atoms with Gasteiger partial charge in [-0.2, -0.15) is 0 Å². The largest absolute Gasteiger partial charge is 0.497 e. The van der Waals surface area contributed by atoms with Crippen molar-refractivity contribution in [1.82, 2.24) is 4.90 Å². The molecule has 0 spiro atoms. The molecule has 1 aliphatic heterocycles. The molecule has 1 unspecified atom stereocenters. The minimum Gasteiger partial charge on any atom is -0.497 e. The Balaban J connectivity index is 1.38. The van der Waals surface area contributed by atoms with E-state index in [1.807, 2.05) is 35.2 Å². The summed E-state index contributed by atoms with van der Waals surface area (Å²) >= 11 is 0. The Morgan fingerprint density at radius 3 is 2.53 bits per heavy atom. The number of likely N-dealkylation sites (tertiary alicyclic amines) is 1. The number of ether oxygens (including phenoxy) is 2. The summed E-state index contributed by atoms with van der Waals surface area (Å²) in [4.78, 5) is 14.9. The Hall–Kier alpha value is -3.34. The molecule has 1 saturated heterocycles. The molecule has 4 nitrogen and oxygen atoms in total. The van der Waals surface area contributed by atoms with Crippen LogP contribution in [0.15, 0.2) is 72.8 Å². The number of rotatable bonds is 6. The number of benzene rings is 3. The summed E-state index contributed by atoms with van der Waals surface area (Å²) in [5.41, 5.74) is 2.71. The van der Waals surface area contributed by atoms with E-state index in [1.54, 1.807) is 25.3 Å². The Labute approximate surface area is 175 Å². The summed E-state index contributed by atoms with van der Waals surface area (Å²) in [6, 6.07) is 21.5. The minimum atomic E-state index is -0.273. The lowest BCUT2D eigenvalue weighted by Gasteiger charge is -2.17. The summed E-state index contributed by atoms with van der Waals surface area (Å²) in [7, 11) is 1.66. The van der Waals surface area contributed by atoms with Crippen LogP contribution in [-0.2, 0) is 6.61 Å². The number of amides is 1. The van der Waals surface area contributed by atoms with E-state index < -0.39 is 0 Å². The van der Waals surface area contributed by atoms with Gasteiger partial charge in [0.1, 0.15) is 23.9 Å². The summed E-state index contributed by atoms with van der Waals surface area (Å²) < 4.78 is 24.0. The molecule has 0 aromatic heterocycles. The first-order valence-corrected chi connectivity index (χ1v) is 10.0. The van der Waals surface area contributed by atoms with Crippen molar-refractivity contribution in [3.8, 4) is 11.5 Å². The van der Waals surface area contributed by atoms with Crippen LogP contribution in [0.25, 0.3) is 0 Å². The van der Waals surface area contributed by atoms with E-state index in [9.17, 15) is 9.18 Å². The highest BCUT2D eigenvalue weighted by atomic mass is 19.1. The van der Waals surface area contributed by atoms with Crippen LogP contribution in [-0.4, -0.2) is 31.0 Å². The van der Waals surface area contributed by atoms with Crippen molar-refractivity contribution in [2.45, 2.75) is 18.9 Å². The molecular formula is C25H24FNO3. The zero-order chi connectivity index (χ0) is 20.9. The zero-order valence-electron chi connectivity index (χ0n) is 16.9. The number of hydrogen-bond acceptors (Lipinski definition) is 3. The van der Waals surface area contributed by atoms with Gasteiger partial charge >= 0.3 is 0 Å². The smallest absolute Gasteiger partial charge is 0.254 e. The number of hydrogen-bond donors (Lipinski definition) is 0. The first-order chi connectivity index (χ1) is 14.6. The average molecular weight is 405 g/mol. The number of nitrogens with zero attached hydrogens (tertiary/aromatic N) is 1. The lowest BCUT2D eigenvalue weighted by Crippen LogP contribution is -2.28. The fraction of sp³-hybridized carbons (Fsp3) is 0.240. The van der Waals surface area contributed by atoms with E-state index in [-0.39, 0.29) is 11.7 Å². The topological polar surface area (TPSA) is 38.8 Å². The van der Waals surface area contributed by atoms with E-state index in [2.05, 4.69) is 12.1 Å². The molecule has 0 aliphatic carbocycles. The SMILES string of the molecule is COc1ccc(C2CCN(C(=O)c3cccc(OCc4ccc(F)cc4)c3)C2)cc1. The van der Waals surface area contributed by atoms with E-state index in [4.69, 9.17) is 9.47 Å². The van der Waals surface area contributed by atoms with E-state index >= 15 is 0 Å². The fourth-order valence-corrected chi connectivity index (χ4v) is 3.74. The van der Waals surface area contributed by atoms with Crippen molar-refractivity contribution in [3.05, 3.63) is 95.3 Å². The van der Waals surface area contributed by atoms with Gasteiger partial charge in [-0.15, -0.1) is 0 Å². The molecule has 0 saturated carbocycles. The Morgan fingerprint density at radius 2 is 1.80 bits per heavy atom. The normalized spacial score (nSPS) is 15.8. The van der Waals surface area contributed by atoms with Crippen LogP contribution >= 0.6 is 0 Å². The molecule has 1 amide bonds. The first kappa shape index (κ1) is 20.0. The minimum absolute atomic E-state index is 0.0123. The highest BCUT2D eigenvalue weighted by Gasteiger charge is 2.28. The van der Waals surface area contributed by atoms with Crippen LogP contribution in [0.3, 0.4) is 0 Å². The van der Waals surface area contributed by atoms with Gasteiger partial charge in [-0.1, -0.05) is 30.3 Å². The quantitative estimate of drug-likeness (QED) is 0.577. The van der Waals surface area contributed by atoms with E-state index in [0.29, 0.717) is 30.4 Å². The van der Waals surface area contributed by atoms with Crippen LogP contribution in [0, 0.1) is 5.82 Å². The fourth-order valence-electron chi connectivity index (χ4n) is 3.74. The Kier molecular flexibility index (Phi) is 5.98. The molecule has 0 N–H and O–H groups in total. The summed E-state index contributed by atoms with van der Waals surface area (Å²) in [5.74, 6) is 1.53. The van der Waals surface area contributed by atoms with Gasteiger partial charge in [0.2, 0.25) is 0 Å². The monoisotopic (exact) mass is 405 g/mol. The van der Waals surface area contributed by atoms with Gasteiger partial charge in [-0.25, -0.2) is 4.39 Å². The van der Waals surface area contributed by atoms with Crippen LogP contribution in [0.2, 0.25) is 0 Å². The lowest BCUT2D eigenvalue weighted by molar-refractivity contribution is 0.0790. The second kappa shape index (κ2) is 8.99. The predicted octanol–water partition coefficient (Wildman–Crippen LogP) is 5.04. The van der Waals surface area contributed by atoms with Gasteiger partial charge in [-0.3, -0.25) is 4.79 Å². The van der Waals surface area contributed by atoms with Gasteiger partial charge in [0.05, 0.1) is 7.11 Å². The molecule has 154 valence electrons. The molecule has 4 rings (SSSR count). The molecule has 0 bridgehead atoms. The van der Waals surface area contributed by atoms with E-state index in [0.717, 1.165) is 24.3 Å².